The second kappa shape index (κ2) is 4.25. The Labute approximate surface area is 119 Å². The molecule has 0 aliphatic carbocycles. The Balaban J connectivity index is 3.52. The van der Waals surface area contributed by atoms with Crippen molar-refractivity contribution in [3.8, 4) is 0 Å². The van der Waals surface area contributed by atoms with Crippen molar-refractivity contribution in [1.82, 2.24) is 4.57 Å². The molecule has 108 valence electrons. The predicted molar refractivity (Wildman–Crippen MR) is 96.3 cm³/mol. The summed E-state index contributed by atoms with van der Waals surface area (Å²) in [7, 11) is -2.23. The van der Waals surface area contributed by atoms with Crippen LogP contribution in [0, 0.1) is 0 Å². The zero-order chi connectivity index (χ0) is 14.8. The summed E-state index contributed by atoms with van der Waals surface area (Å²) in [5, 5.41) is 0. The first-order valence-electron chi connectivity index (χ1n) is 7.03. The average molecular weight is 336 g/mol. The molecule has 2 nitrogen and oxygen atoms in total. The largest absolute Gasteiger partial charge is 0.449 e. The summed E-state index contributed by atoms with van der Waals surface area (Å²) in [5.41, 5.74) is 0. The number of hydrogen-bond acceptors (Lipinski definition) is 2. The zero-order valence-corrected chi connectivity index (χ0v) is 19.4. The smallest absolute Gasteiger partial charge is 0.236 e. The third-order valence-corrected chi connectivity index (χ3v) is 98.5. The molecule has 1 heterocycles. The maximum atomic E-state index is 7.05. The standard InChI is InChI=1S/C11H33NOSi5/c1-12(2)18(11)13-14(3,4)15(5,6)16(7,8)17(18,9)10/h1-11H3. The van der Waals surface area contributed by atoms with E-state index in [9.17, 15) is 0 Å². The van der Waals surface area contributed by atoms with Gasteiger partial charge in [0.05, 0.1) is 14.2 Å². The second-order valence-electron chi connectivity index (χ2n) is 8.36. The fourth-order valence-corrected chi connectivity index (χ4v) is 119. The van der Waals surface area contributed by atoms with Crippen LogP contribution in [0.1, 0.15) is 0 Å². The van der Waals surface area contributed by atoms with Gasteiger partial charge in [-0.1, -0.05) is 39.3 Å². The van der Waals surface area contributed by atoms with E-state index in [4.69, 9.17) is 4.12 Å². The third kappa shape index (κ3) is 1.81. The molecule has 0 amide bonds. The van der Waals surface area contributed by atoms with Crippen LogP contribution >= 0.6 is 0 Å². The minimum absolute atomic E-state index is 1.14. The van der Waals surface area contributed by atoms with Gasteiger partial charge in [0.15, 0.2) is 7.83 Å². The Bertz CT molecular complexity index is 338. The second-order valence-corrected chi connectivity index (χ2v) is 58.2. The maximum absolute atomic E-state index is 7.05. The maximum Gasteiger partial charge on any atom is 0.236 e. The minimum Gasteiger partial charge on any atom is -0.449 e. The van der Waals surface area contributed by atoms with Crippen LogP contribution in [0.2, 0.25) is 58.9 Å². The molecule has 1 aliphatic heterocycles. The lowest BCUT2D eigenvalue weighted by molar-refractivity contribution is 0.462. The Morgan fingerprint density at radius 2 is 1.00 bits per heavy atom. The third-order valence-electron chi connectivity index (χ3n) is 7.10. The topological polar surface area (TPSA) is 12.5 Å². The Hall–Kier alpha value is 1.00. The fourth-order valence-electron chi connectivity index (χ4n) is 3.52. The van der Waals surface area contributed by atoms with Gasteiger partial charge >= 0.3 is 0 Å². The molecule has 7 heteroatoms. The van der Waals surface area contributed by atoms with Crippen LogP contribution < -0.4 is 0 Å². The fraction of sp³-hybridized carbons (Fsp3) is 1.00. The molecule has 1 rings (SSSR count). The molecule has 0 N–H and O–H groups in total. The van der Waals surface area contributed by atoms with Crippen molar-refractivity contribution in [1.29, 1.82) is 0 Å². The Morgan fingerprint density at radius 3 is 1.33 bits per heavy atom. The molecule has 0 aromatic heterocycles. The van der Waals surface area contributed by atoms with E-state index in [1.807, 2.05) is 0 Å². The molecule has 0 aromatic carbocycles. The van der Waals surface area contributed by atoms with Crippen LogP contribution in [0.25, 0.3) is 0 Å². The average Bonchev–Trinajstić information content (AvgIpc) is 2.13. The summed E-state index contributed by atoms with van der Waals surface area (Å²) in [4.78, 5) is 0. The zero-order valence-electron chi connectivity index (χ0n) is 14.4. The SMILES string of the molecule is CN(C)[Si]1(C)O[Si](C)(C)[Si](C)(C)[Si](C)(C)[Si]1(C)C. The summed E-state index contributed by atoms with van der Waals surface area (Å²) >= 11 is 0. The highest BCUT2D eigenvalue weighted by Crippen LogP contribution is 2.46. The quantitative estimate of drug-likeness (QED) is 0.682. The normalized spacial score (nSPS) is 36.7. The van der Waals surface area contributed by atoms with Crippen molar-refractivity contribution in [2.45, 2.75) is 58.9 Å². The lowest BCUT2D eigenvalue weighted by Gasteiger charge is -2.66. The first-order chi connectivity index (χ1) is 7.65. The van der Waals surface area contributed by atoms with Crippen LogP contribution in [0.3, 0.4) is 0 Å². The van der Waals surface area contributed by atoms with Gasteiger partial charge in [-0.05, 0) is 33.7 Å². The van der Waals surface area contributed by atoms with Crippen LogP contribution in [-0.2, 0) is 4.12 Å². The van der Waals surface area contributed by atoms with Crippen molar-refractivity contribution < 1.29 is 4.12 Å². The van der Waals surface area contributed by atoms with Crippen molar-refractivity contribution in [2.75, 3.05) is 14.1 Å². The molecule has 0 saturated carbocycles. The molecule has 1 aliphatic rings. The van der Waals surface area contributed by atoms with Gasteiger partial charge in [-0.3, -0.25) is 0 Å². The molecular weight excluding hydrogens is 303 g/mol. The first-order valence-corrected chi connectivity index (χ1v) is 25.3. The Morgan fingerprint density at radius 1 is 0.611 bits per heavy atom. The molecule has 0 aromatic rings. The molecule has 1 fully saturated rings. The van der Waals surface area contributed by atoms with E-state index in [0.717, 1.165) is 0 Å². The van der Waals surface area contributed by atoms with E-state index in [0.29, 0.717) is 0 Å². The van der Waals surface area contributed by atoms with Gasteiger partial charge in [-0.15, -0.1) is 0 Å². The molecule has 0 bridgehead atoms. The van der Waals surface area contributed by atoms with Crippen molar-refractivity contribution >= 4 is 37.2 Å². The van der Waals surface area contributed by atoms with Crippen LogP contribution in [0.4, 0.5) is 0 Å². The van der Waals surface area contributed by atoms with Crippen molar-refractivity contribution in [3.63, 3.8) is 0 Å². The van der Waals surface area contributed by atoms with Gasteiger partial charge in [-0.25, -0.2) is 0 Å². The summed E-state index contributed by atoms with van der Waals surface area (Å²) < 4.78 is 9.57. The monoisotopic (exact) mass is 335 g/mol. The van der Waals surface area contributed by atoms with Gasteiger partial charge in [0, 0.05) is 7.11 Å². The molecule has 1 saturated heterocycles. The summed E-state index contributed by atoms with van der Waals surface area (Å²) in [6, 6.07) is 0. The molecule has 18 heavy (non-hydrogen) atoms. The van der Waals surface area contributed by atoms with Crippen LogP contribution in [0.15, 0.2) is 0 Å². The molecule has 1 unspecified atom stereocenters. The van der Waals surface area contributed by atoms with Crippen LogP contribution in [0.5, 0.6) is 0 Å². The van der Waals surface area contributed by atoms with E-state index in [-0.39, 0.29) is 0 Å². The van der Waals surface area contributed by atoms with E-state index in [1.165, 1.54) is 0 Å². The summed E-state index contributed by atoms with van der Waals surface area (Å²) in [6.45, 7) is 23.6. The summed E-state index contributed by atoms with van der Waals surface area (Å²) in [5.74, 6) is 0. The van der Waals surface area contributed by atoms with Gasteiger partial charge in [0.1, 0.15) is 0 Å². The highest BCUT2D eigenvalue weighted by Gasteiger charge is 2.72. The molecule has 0 radical (unpaired) electrons. The lowest BCUT2D eigenvalue weighted by Crippen LogP contribution is -2.94. The van der Waals surface area contributed by atoms with E-state index < -0.39 is 37.2 Å². The van der Waals surface area contributed by atoms with Crippen LogP contribution in [-0.4, -0.2) is 55.8 Å². The molecule has 1 atom stereocenters. The molecule has 0 spiro atoms. The van der Waals surface area contributed by atoms with E-state index in [1.54, 1.807) is 0 Å². The van der Waals surface area contributed by atoms with Gasteiger partial charge in [0.2, 0.25) is 8.00 Å². The Kier molecular flexibility index (Phi) is 4.03. The highest BCUT2D eigenvalue weighted by atomic mass is 30.0. The minimum atomic E-state index is -1.67. The summed E-state index contributed by atoms with van der Waals surface area (Å²) in [6.07, 6.45) is 0. The number of nitrogens with zero attached hydrogens (tertiary/aromatic N) is 1. The van der Waals surface area contributed by atoms with Gasteiger partial charge in [-0.2, -0.15) is 0 Å². The predicted octanol–water partition coefficient (Wildman–Crippen LogP) is 3.29. The number of rotatable bonds is 1. The van der Waals surface area contributed by atoms with Gasteiger partial charge < -0.3 is 8.68 Å². The number of hydrogen-bond donors (Lipinski definition) is 0. The van der Waals surface area contributed by atoms with Crippen molar-refractivity contribution in [3.05, 3.63) is 0 Å². The molecular formula is C11H33NOSi5. The lowest BCUT2D eigenvalue weighted by atomic mass is 11.3. The van der Waals surface area contributed by atoms with E-state index >= 15 is 0 Å². The van der Waals surface area contributed by atoms with Crippen molar-refractivity contribution in [2.24, 2.45) is 0 Å². The first kappa shape index (κ1) is 17.1. The van der Waals surface area contributed by atoms with Gasteiger partial charge in [0.25, 0.3) is 0 Å². The van der Waals surface area contributed by atoms with E-state index in [2.05, 4.69) is 77.6 Å². The highest BCUT2D eigenvalue weighted by molar-refractivity contribution is 7.93.